The van der Waals surface area contributed by atoms with Crippen LogP contribution in [0.2, 0.25) is 0 Å². The number of benzene rings is 1. The zero-order valence-electron chi connectivity index (χ0n) is 13.3. The second-order valence-electron chi connectivity index (χ2n) is 5.67. The number of aryl methyl sites for hydroxylation is 1. The van der Waals surface area contributed by atoms with Crippen LogP contribution in [0.3, 0.4) is 0 Å². The van der Waals surface area contributed by atoms with Gasteiger partial charge in [0.15, 0.2) is 0 Å². The first-order valence-electron chi connectivity index (χ1n) is 7.39. The molecular weight excluding hydrogens is 314 g/mol. The molecule has 0 aliphatic carbocycles. The van der Waals surface area contributed by atoms with Gasteiger partial charge in [0.2, 0.25) is 5.91 Å². The molecule has 0 saturated carbocycles. The number of sulfone groups is 1. The molecule has 6 heteroatoms. The van der Waals surface area contributed by atoms with E-state index in [1.807, 2.05) is 37.3 Å². The summed E-state index contributed by atoms with van der Waals surface area (Å²) in [6.07, 6.45) is 3.16. The van der Waals surface area contributed by atoms with Gasteiger partial charge in [-0.3, -0.25) is 4.79 Å². The Bertz CT molecular complexity index is 733. The van der Waals surface area contributed by atoms with Crippen LogP contribution >= 0.6 is 0 Å². The molecule has 1 N–H and O–H groups in total. The van der Waals surface area contributed by atoms with Crippen molar-refractivity contribution in [2.24, 2.45) is 0 Å². The zero-order valence-corrected chi connectivity index (χ0v) is 14.1. The Kier molecular flexibility index (Phi) is 5.60. The highest BCUT2D eigenvalue weighted by atomic mass is 32.2. The van der Waals surface area contributed by atoms with Crippen molar-refractivity contribution in [3.05, 3.63) is 59.5 Å². The summed E-state index contributed by atoms with van der Waals surface area (Å²) in [4.78, 5) is 12.5. The average molecular weight is 335 g/mol. The van der Waals surface area contributed by atoms with Gasteiger partial charge in [0.05, 0.1) is 17.9 Å². The van der Waals surface area contributed by atoms with E-state index in [0.717, 1.165) is 17.4 Å². The summed E-state index contributed by atoms with van der Waals surface area (Å²) in [5.74, 6) is 0.0316. The molecule has 0 aliphatic rings. The maximum Gasteiger partial charge on any atom is 0.228 e. The lowest BCUT2D eigenvalue weighted by molar-refractivity contribution is -0.122. The first kappa shape index (κ1) is 17.3. The molecule has 0 bridgehead atoms. The Balaban J connectivity index is 2.12. The molecule has 124 valence electrons. The van der Waals surface area contributed by atoms with Crippen molar-refractivity contribution >= 4 is 15.7 Å². The maximum atomic E-state index is 12.5. The molecule has 23 heavy (non-hydrogen) atoms. The second kappa shape index (κ2) is 7.46. The molecule has 0 radical (unpaired) electrons. The lowest BCUT2D eigenvalue weighted by Crippen LogP contribution is -2.33. The Morgan fingerprint density at radius 2 is 1.91 bits per heavy atom. The summed E-state index contributed by atoms with van der Waals surface area (Å²) in [7, 11) is -3.10. The van der Waals surface area contributed by atoms with E-state index in [1.54, 1.807) is 12.3 Å². The highest BCUT2D eigenvalue weighted by molar-refractivity contribution is 7.90. The van der Waals surface area contributed by atoms with Gasteiger partial charge in [-0.05, 0) is 24.6 Å². The van der Waals surface area contributed by atoms with E-state index >= 15 is 0 Å². The van der Waals surface area contributed by atoms with Crippen LogP contribution in [-0.2, 0) is 21.1 Å². The van der Waals surface area contributed by atoms with Crippen LogP contribution in [0.4, 0.5) is 0 Å². The Labute approximate surface area is 136 Å². The summed E-state index contributed by atoms with van der Waals surface area (Å²) in [6.45, 7) is 2.09. The minimum Gasteiger partial charge on any atom is -0.469 e. The van der Waals surface area contributed by atoms with Crippen molar-refractivity contribution in [3.8, 4) is 0 Å². The normalized spacial score (nSPS) is 12.8. The first-order chi connectivity index (χ1) is 10.8. The molecule has 0 spiro atoms. The van der Waals surface area contributed by atoms with E-state index in [1.165, 1.54) is 0 Å². The molecule has 0 saturated heterocycles. The standard InChI is InChI=1S/C17H21NO4S/c1-13-5-7-14(8-6-13)16(12-15-4-3-10-22-15)17(19)18-9-11-23(2,20)21/h3-8,10,16H,9,11-12H2,1-2H3,(H,18,19). The van der Waals surface area contributed by atoms with Crippen molar-refractivity contribution in [2.75, 3.05) is 18.6 Å². The van der Waals surface area contributed by atoms with Gasteiger partial charge in [0, 0.05) is 19.2 Å². The number of carbonyl (C=O) groups excluding carboxylic acids is 1. The van der Waals surface area contributed by atoms with Gasteiger partial charge >= 0.3 is 0 Å². The number of amides is 1. The molecule has 1 aromatic carbocycles. The maximum absolute atomic E-state index is 12.5. The van der Waals surface area contributed by atoms with E-state index in [2.05, 4.69) is 5.32 Å². The Morgan fingerprint density at radius 1 is 1.22 bits per heavy atom. The molecule has 2 aromatic rings. The van der Waals surface area contributed by atoms with Gasteiger partial charge in [0.1, 0.15) is 15.6 Å². The molecular formula is C17H21NO4S. The van der Waals surface area contributed by atoms with E-state index in [4.69, 9.17) is 4.42 Å². The van der Waals surface area contributed by atoms with Crippen molar-refractivity contribution in [2.45, 2.75) is 19.3 Å². The third-order valence-electron chi connectivity index (χ3n) is 3.55. The topological polar surface area (TPSA) is 76.4 Å². The number of nitrogens with one attached hydrogen (secondary N) is 1. The van der Waals surface area contributed by atoms with E-state index < -0.39 is 15.8 Å². The van der Waals surface area contributed by atoms with Crippen molar-refractivity contribution in [3.63, 3.8) is 0 Å². The van der Waals surface area contributed by atoms with E-state index in [0.29, 0.717) is 12.2 Å². The van der Waals surface area contributed by atoms with Crippen LogP contribution in [0.5, 0.6) is 0 Å². The van der Waals surface area contributed by atoms with Gasteiger partial charge in [-0.25, -0.2) is 8.42 Å². The van der Waals surface area contributed by atoms with Gasteiger partial charge in [-0.2, -0.15) is 0 Å². The number of rotatable bonds is 7. The highest BCUT2D eigenvalue weighted by Crippen LogP contribution is 2.22. The van der Waals surface area contributed by atoms with Gasteiger partial charge < -0.3 is 9.73 Å². The van der Waals surface area contributed by atoms with Crippen LogP contribution in [0.1, 0.15) is 22.8 Å². The van der Waals surface area contributed by atoms with Crippen molar-refractivity contribution in [1.29, 1.82) is 0 Å². The molecule has 1 aromatic heterocycles. The number of hydrogen-bond donors (Lipinski definition) is 1. The van der Waals surface area contributed by atoms with E-state index in [-0.39, 0.29) is 18.2 Å². The molecule has 1 heterocycles. The quantitative estimate of drug-likeness (QED) is 0.840. The summed E-state index contributed by atoms with van der Waals surface area (Å²) in [6, 6.07) is 11.3. The second-order valence-corrected chi connectivity index (χ2v) is 7.93. The minimum atomic E-state index is -3.10. The van der Waals surface area contributed by atoms with Gasteiger partial charge in [0.25, 0.3) is 0 Å². The van der Waals surface area contributed by atoms with Crippen LogP contribution in [-0.4, -0.2) is 32.9 Å². The number of carbonyl (C=O) groups is 1. The molecule has 1 atom stereocenters. The molecule has 1 amide bonds. The molecule has 0 aliphatic heterocycles. The molecule has 5 nitrogen and oxygen atoms in total. The van der Waals surface area contributed by atoms with Crippen LogP contribution in [0, 0.1) is 6.92 Å². The monoisotopic (exact) mass is 335 g/mol. The fraction of sp³-hybridized carbons (Fsp3) is 0.353. The van der Waals surface area contributed by atoms with E-state index in [9.17, 15) is 13.2 Å². The van der Waals surface area contributed by atoms with Crippen LogP contribution in [0.25, 0.3) is 0 Å². The first-order valence-corrected chi connectivity index (χ1v) is 9.45. The smallest absolute Gasteiger partial charge is 0.228 e. The molecule has 0 fully saturated rings. The molecule has 1 unspecified atom stereocenters. The fourth-order valence-corrected chi connectivity index (χ4v) is 2.75. The zero-order chi connectivity index (χ0) is 16.9. The van der Waals surface area contributed by atoms with Crippen molar-refractivity contribution < 1.29 is 17.6 Å². The lowest BCUT2D eigenvalue weighted by atomic mass is 9.93. The third kappa shape index (κ3) is 5.56. The largest absolute Gasteiger partial charge is 0.469 e. The van der Waals surface area contributed by atoms with Crippen LogP contribution < -0.4 is 5.32 Å². The van der Waals surface area contributed by atoms with Gasteiger partial charge in [-0.1, -0.05) is 29.8 Å². The fourth-order valence-electron chi connectivity index (χ4n) is 2.27. The predicted molar refractivity (Wildman–Crippen MR) is 89.1 cm³/mol. The highest BCUT2D eigenvalue weighted by Gasteiger charge is 2.22. The van der Waals surface area contributed by atoms with Crippen LogP contribution in [0.15, 0.2) is 47.1 Å². The summed E-state index contributed by atoms with van der Waals surface area (Å²) < 4.78 is 27.7. The Morgan fingerprint density at radius 3 is 2.48 bits per heavy atom. The molecule has 2 rings (SSSR count). The van der Waals surface area contributed by atoms with Gasteiger partial charge in [-0.15, -0.1) is 0 Å². The Hall–Kier alpha value is -2.08. The van der Waals surface area contributed by atoms with Crippen molar-refractivity contribution in [1.82, 2.24) is 5.32 Å². The average Bonchev–Trinajstić information content (AvgIpc) is 2.97. The number of hydrogen-bond acceptors (Lipinski definition) is 4. The SMILES string of the molecule is Cc1ccc(C(Cc2ccco2)C(=O)NCCS(C)(=O)=O)cc1. The lowest BCUT2D eigenvalue weighted by Gasteiger charge is -2.16. The predicted octanol–water partition coefficient (Wildman–Crippen LogP) is 2.08. The summed E-state index contributed by atoms with van der Waals surface area (Å²) >= 11 is 0. The summed E-state index contributed by atoms with van der Waals surface area (Å²) in [5.41, 5.74) is 1.99. The minimum absolute atomic E-state index is 0.0693. The number of furan rings is 1. The third-order valence-corrected chi connectivity index (χ3v) is 4.50. The summed E-state index contributed by atoms with van der Waals surface area (Å²) in [5, 5.41) is 2.71.